The summed E-state index contributed by atoms with van der Waals surface area (Å²) in [5, 5.41) is 1.68. The zero-order valence-corrected chi connectivity index (χ0v) is 14.6. The van der Waals surface area contributed by atoms with Gasteiger partial charge in [0.25, 0.3) is 10.0 Å². The van der Waals surface area contributed by atoms with Gasteiger partial charge in [-0.05, 0) is 17.0 Å². The van der Waals surface area contributed by atoms with Gasteiger partial charge in [-0.25, -0.2) is 13.1 Å². The van der Waals surface area contributed by atoms with Crippen LogP contribution in [0.1, 0.15) is 11.7 Å². The summed E-state index contributed by atoms with van der Waals surface area (Å²) in [4.78, 5) is 14.0. The van der Waals surface area contributed by atoms with Crippen molar-refractivity contribution in [1.29, 1.82) is 0 Å². The van der Waals surface area contributed by atoms with Crippen LogP contribution in [0.5, 0.6) is 0 Å². The highest BCUT2D eigenvalue weighted by molar-refractivity contribution is 7.91. The Morgan fingerprint density at radius 3 is 2.75 bits per heavy atom. The van der Waals surface area contributed by atoms with E-state index in [0.717, 1.165) is 16.9 Å². The van der Waals surface area contributed by atoms with Crippen LogP contribution >= 0.6 is 11.3 Å². The molecule has 2 aromatic rings. The van der Waals surface area contributed by atoms with Crippen molar-refractivity contribution in [3.63, 3.8) is 0 Å². The fourth-order valence-corrected chi connectivity index (χ4v) is 4.51. The predicted octanol–water partition coefficient (Wildman–Crippen LogP) is 1.63. The first-order valence-electron chi connectivity index (χ1n) is 7.54. The number of sulfonamides is 1. The van der Waals surface area contributed by atoms with Crippen LogP contribution in [-0.4, -0.2) is 45.5 Å². The van der Waals surface area contributed by atoms with Crippen LogP contribution in [0.25, 0.3) is 0 Å². The second-order valence-electron chi connectivity index (χ2n) is 5.37. The van der Waals surface area contributed by atoms with Gasteiger partial charge in [-0.1, -0.05) is 36.4 Å². The lowest BCUT2D eigenvalue weighted by molar-refractivity contribution is -0.137. The molecule has 8 heteroatoms. The molecule has 2 heterocycles. The molecule has 0 aliphatic carbocycles. The average Bonchev–Trinajstić information content (AvgIpc) is 3.16. The molecule has 1 aliphatic heterocycles. The molecule has 1 N–H and O–H groups in total. The highest BCUT2D eigenvalue weighted by atomic mass is 32.2. The van der Waals surface area contributed by atoms with Crippen molar-refractivity contribution in [2.45, 2.75) is 10.3 Å². The van der Waals surface area contributed by atoms with Crippen molar-refractivity contribution in [3.8, 4) is 0 Å². The first-order chi connectivity index (χ1) is 11.6. The Hall–Kier alpha value is -1.74. The minimum atomic E-state index is -3.63. The van der Waals surface area contributed by atoms with E-state index in [1.807, 2.05) is 30.3 Å². The Morgan fingerprint density at radius 1 is 1.25 bits per heavy atom. The fourth-order valence-electron chi connectivity index (χ4n) is 2.50. The molecule has 1 amide bonds. The summed E-state index contributed by atoms with van der Waals surface area (Å²) in [6.45, 7) is 1.07. The molecule has 0 saturated carbocycles. The third-order valence-electron chi connectivity index (χ3n) is 3.76. The Balaban J connectivity index is 1.59. The highest BCUT2D eigenvalue weighted by Crippen LogP contribution is 2.22. The van der Waals surface area contributed by atoms with Crippen molar-refractivity contribution in [2.75, 3.05) is 26.2 Å². The number of carbonyl (C=O) groups excluding carboxylic acids is 1. The quantitative estimate of drug-likeness (QED) is 0.873. The highest BCUT2D eigenvalue weighted by Gasteiger charge is 2.26. The number of rotatable bonds is 5. The molecule has 0 radical (unpaired) electrons. The molecule has 1 saturated heterocycles. The third kappa shape index (κ3) is 4.02. The van der Waals surface area contributed by atoms with Crippen LogP contribution in [0.4, 0.5) is 0 Å². The Morgan fingerprint density at radius 2 is 2.04 bits per heavy atom. The average molecular weight is 366 g/mol. The lowest BCUT2D eigenvalue weighted by Gasteiger charge is -2.33. The van der Waals surface area contributed by atoms with Crippen LogP contribution in [-0.2, 0) is 19.6 Å². The number of morpholine rings is 1. The lowest BCUT2D eigenvalue weighted by Crippen LogP contribution is -2.46. The van der Waals surface area contributed by atoms with E-state index >= 15 is 0 Å². The van der Waals surface area contributed by atoms with Crippen molar-refractivity contribution in [2.24, 2.45) is 0 Å². The second-order valence-corrected chi connectivity index (χ2v) is 8.31. The number of carbonyl (C=O) groups is 1. The van der Waals surface area contributed by atoms with E-state index in [-0.39, 0.29) is 22.8 Å². The Bertz CT molecular complexity index is 776. The summed E-state index contributed by atoms with van der Waals surface area (Å²) in [5.41, 5.74) is 1.01. The summed E-state index contributed by atoms with van der Waals surface area (Å²) >= 11 is 1.12. The van der Waals surface area contributed by atoms with E-state index in [1.54, 1.807) is 16.3 Å². The molecule has 0 unspecified atom stereocenters. The van der Waals surface area contributed by atoms with Crippen molar-refractivity contribution in [3.05, 3.63) is 53.4 Å². The van der Waals surface area contributed by atoms with Gasteiger partial charge in [-0.3, -0.25) is 4.79 Å². The van der Waals surface area contributed by atoms with Crippen LogP contribution in [0.15, 0.2) is 52.1 Å². The van der Waals surface area contributed by atoms with Crippen LogP contribution < -0.4 is 4.72 Å². The van der Waals surface area contributed by atoms with Gasteiger partial charge >= 0.3 is 0 Å². The maximum atomic E-state index is 12.3. The molecule has 1 fully saturated rings. The summed E-state index contributed by atoms with van der Waals surface area (Å²) in [7, 11) is -3.63. The normalized spacial score (nSPS) is 18.5. The minimum absolute atomic E-state index is 0.183. The molecule has 0 spiro atoms. The van der Waals surface area contributed by atoms with Crippen LogP contribution in [0.3, 0.4) is 0 Å². The zero-order valence-electron chi connectivity index (χ0n) is 12.9. The molecule has 0 bridgehead atoms. The maximum Gasteiger partial charge on any atom is 0.250 e. The van der Waals surface area contributed by atoms with E-state index in [0.29, 0.717) is 19.7 Å². The molecule has 3 rings (SSSR count). The van der Waals surface area contributed by atoms with E-state index in [2.05, 4.69) is 4.72 Å². The molecule has 1 aromatic carbocycles. The number of amides is 1. The van der Waals surface area contributed by atoms with Crippen molar-refractivity contribution >= 4 is 27.3 Å². The number of thiophene rings is 1. The van der Waals surface area contributed by atoms with Gasteiger partial charge in [-0.2, -0.15) is 0 Å². The smallest absolute Gasteiger partial charge is 0.250 e. The predicted molar refractivity (Wildman–Crippen MR) is 91.2 cm³/mol. The second kappa shape index (κ2) is 7.43. The topological polar surface area (TPSA) is 75.7 Å². The minimum Gasteiger partial charge on any atom is -0.370 e. The van der Waals surface area contributed by atoms with Gasteiger partial charge in [0.1, 0.15) is 10.3 Å². The summed E-state index contributed by atoms with van der Waals surface area (Å²) in [6, 6.07) is 12.9. The summed E-state index contributed by atoms with van der Waals surface area (Å²) in [6.07, 6.45) is -0.183. The van der Waals surface area contributed by atoms with Crippen LogP contribution in [0.2, 0.25) is 0 Å². The number of hydrogen-bond acceptors (Lipinski definition) is 5. The van der Waals surface area contributed by atoms with Gasteiger partial charge < -0.3 is 9.64 Å². The van der Waals surface area contributed by atoms with Gasteiger partial charge in [-0.15, -0.1) is 11.3 Å². The lowest BCUT2D eigenvalue weighted by atomic mass is 10.1. The van der Waals surface area contributed by atoms with Crippen molar-refractivity contribution in [1.82, 2.24) is 9.62 Å². The first-order valence-corrected chi connectivity index (χ1v) is 9.90. The maximum absolute atomic E-state index is 12.3. The third-order valence-corrected chi connectivity index (χ3v) is 6.56. The van der Waals surface area contributed by atoms with Gasteiger partial charge in [0.05, 0.1) is 19.7 Å². The largest absolute Gasteiger partial charge is 0.370 e. The molecule has 1 atom stereocenters. The molecule has 1 aliphatic rings. The molecular formula is C16H18N2O4S2. The molecule has 1 aromatic heterocycles. The standard InChI is InChI=1S/C16H18N2O4S2/c19-15(11-17-24(20,21)16-7-4-10-23-16)18-8-9-22-14(12-18)13-5-2-1-3-6-13/h1-7,10,14,17H,8-9,11-12H2/t14-/m0/s1. The molecule has 24 heavy (non-hydrogen) atoms. The number of nitrogens with one attached hydrogen (secondary N) is 1. The number of nitrogens with zero attached hydrogens (tertiary/aromatic N) is 1. The van der Waals surface area contributed by atoms with E-state index in [1.165, 1.54) is 6.07 Å². The fraction of sp³-hybridized carbons (Fsp3) is 0.312. The number of hydrogen-bond donors (Lipinski definition) is 1. The summed E-state index contributed by atoms with van der Waals surface area (Å²) in [5.74, 6) is -0.251. The van der Waals surface area contributed by atoms with Gasteiger partial charge in [0.2, 0.25) is 5.91 Å². The Labute approximate surface area is 145 Å². The van der Waals surface area contributed by atoms with E-state index in [4.69, 9.17) is 4.74 Å². The van der Waals surface area contributed by atoms with Gasteiger partial charge in [0.15, 0.2) is 0 Å². The summed E-state index contributed by atoms with van der Waals surface area (Å²) < 4.78 is 32.4. The van der Waals surface area contributed by atoms with E-state index in [9.17, 15) is 13.2 Å². The zero-order chi connectivity index (χ0) is 17.0. The molecule has 6 nitrogen and oxygen atoms in total. The number of benzene rings is 1. The van der Waals surface area contributed by atoms with Crippen LogP contribution in [0, 0.1) is 0 Å². The Kier molecular flexibility index (Phi) is 5.30. The molecular weight excluding hydrogens is 348 g/mol. The monoisotopic (exact) mass is 366 g/mol. The molecule has 128 valence electrons. The van der Waals surface area contributed by atoms with Crippen molar-refractivity contribution < 1.29 is 17.9 Å². The number of ether oxygens (including phenoxy) is 1. The SMILES string of the molecule is O=C(CNS(=O)(=O)c1cccs1)N1CCO[C@H](c2ccccc2)C1. The van der Waals surface area contributed by atoms with Gasteiger partial charge in [0, 0.05) is 6.54 Å². The van der Waals surface area contributed by atoms with E-state index < -0.39 is 10.0 Å². The first kappa shape index (κ1) is 17.1.